The number of amides is 4. The lowest BCUT2D eigenvalue weighted by Crippen LogP contribution is -2.59. The van der Waals surface area contributed by atoms with Gasteiger partial charge in [0.05, 0.1) is 24.6 Å². The van der Waals surface area contributed by atoms with Crippen LogP contribution in [-0.4, -0.2) is 98.8 Å². The predicted octanol–water partition coefficient (Wildman–Crippen LogP) is -1.65. The van der Waals surface area contributed by atoms with Crippen molar-refractivity contribution in [3.63, 3.8) is 0 Å². The lowest BCUT2D eigenvalue weighted by atomic mass is 10.0. The molecule has 4 atom stereocenters. The quantitative estimate of drug-likeness (QED) is 0.0993. The average molecular weight is 563 g/mol. The first-order valence-corrected chi connectivity index (χ1v) is 12.8. The molecule has 0 unspecified atom stereocenters. The predicted molar refractivity (Wildman–Crippen MR) is 133 cm³/mol. The van der Waals surface area contributed by atoms with E-state index in [1.165, 1.54) is 0 Å². The summed E-state index contributed by atoms with van der Waals surface area (Å²) in [6.07, 6.45) is -0.898. The molecule has 0 bridgehead atoms. The summed E-state index contributed by atoms with van der Waals surface area (Å²) in [5.41, 5.74) is 0. The zero-order chi connectivity index (χ0) is 29.6. The summed E-state index contributed by atoms with van der Waals surface area (Å²) in [6.45, 7) is 4.14. The third-order valence-corrected chi connectivity index (χ3v) is 5.54. The molecule has 214 valence electrons. The van der Waals surface area contributed by atoms with Gasteiger partial charge in [-0.1, -0.05) is 13.8 Å². The van der Waals surface area contributed by atoms with Gasteiger partial charge in [0.25, 0.3) is 0 Å². The van der Waals surface area contributed by atoms with Gasteiger partial charge in [-0.25, -0.2) is 0 Å². The minimum atomic E-state index is -1.56. The third-order valence-electron chi connectivity index (χ3n) is 4.97. The summed E-state index contributed by atoms with van der Waals surface area (Å²) in [7, 11) is 0. The Balaban J connectivity index is 5.82. The first kappa shape index (κ1) is 34.3. The highest BCUT2D eigenvalue weighted by Gasteiger charge is 2.33. The molecule has 38 heavy (non-hydrogen) atoms. The minimum absolute atomic E-state index is 0.0635. The number of thioether (sulfide) groups is 1. The number of aliphatic carboxylic acids is 3. The van der Waals surface area contributed by atoms with Gasteiger partial charge in [0.2, 0.25) is 23.6 Å². The molecular weight excluding hydrogens is 528 g/mol. The summed E-state index contributed by atoms with van der Waals surface area (Å²) < 4.78 is 0. The Hall–Kier alpha value is -3.69. The SMILES string of the molecule is CSCC(=O)[C@H](CC(=O)O)NC(=O)[C@@H](NC(=O)[C@H](CCC(=O)O)NC(=O)[C@H](CC(=O)O)NC(C)=O)C(C)C. The van der Waals surface area contributed by atoms with Crippen molar-refractivity contribution in [1.82, 2.24) is 21.3 Å². The van der Waals surface area contributed by atoms with Crippen molar-refractivity contribution < 1.29 is 53.7 Å². The second kappa shape index (κ2) is 16.9. The van der Waals surface area contributed by atoms with E-state index in [-0.39, 0.29) is 5.75 Å². The molecule has 4 amide bonds. The van der Waals surface area contributed by atoms with Gasteiger partial charge in [-0.3, -0.25) is 38.4 Å². The average Bonchev–Trinajstić information content (AvgIpc) is 2.77. The van der Waals surface area contributed by atoms with Crippen molar-refractivity contribution in [1.29, 1.82) is 0 Å². The second-order valence-electron chi connectivity index (χ2n) is 8.63. The van der Waals surface area contributed by atoms with Crippen LogP contribution in [0.4, 0.5) is 0 Å². The smallest absolute Gasteiger partial charge is 0.305 e. The van der Waals surface area contributed by atoms with Gasteiger partial charge in [-0.15, -0.1) is 0 Å². The van der Waals surface area contributed by atoms with Crippen molar-refractivity contribution in [2.75, 3.05) is 12.0 Å². The van der Waals surface area contributed by atoms with Crippen molar-refractivity contribution in [3.05, 3.63) is 0 Å². The van der Waals surface area contributed by atoms with Crippen molar-refractivity contribution in [3.8, 4) is 0 Å². The lowest BCUT2D eigenvalue weighted by Gasteiger charge is -2.27. The van der Waals surface area contributed by atoms with Crippen LogP contribution in [0, 0.1) is 5.92 Å². The maximum Gasteiger partial charge on any atom is 0.305 e. The van der Waals surface area contributed by atoms with E-state index in [9.17, 15) is 38.4 Å². The number of rotatable bonds is 18. The second-order valence-corrected chi connectivity index (χ2v) is 9.50. The molecule has 0 fully saturated rings. The van der Waals surface area contributed by atoms with Gasteiger partial charge in [-0.2, -0.15) is 11.8 Å². The summed E-state index contributed by atoms with van der Waals surface area (Å²) in [5.74, 6) is -8.91. The molecule has 7 N–H and O–H groups in total. The van der Waals surface area contributed by atoms with E-state index in [1.807, 2.05) is 0 Å². The third kappa shape index (κ3) is 13.6. The molecule has 0 aromatic rings. The Morgan fingerprint density at radius 3 is 1.63 bits per heavy atom. The number of hydrogen-bond donors (Lipinski definition) is 7. The molecule has 0 radical (unpaired) electrons. The van der Waals surface area contributed by atoms with Crippen LogP contribution in [0.3, 0.4) is 0 Å². The first-order valence-electron chi connectivity index (χ1n) is 11.4. The summed E-state index contributed by atoms with van der Waals surface area (Å²) in [5, 5.41) is 36.2. The van der Waals surface area contributed by atoms with Crippen LogP contribution in [-0.2, 0) is 38.4 Å². The number of carboxylic acid groups (broad SMARTS) is 3. The zero-order valence-corrected chi connectivity index (χ0v) is 22.3. The number of Topliss-reactive ketones (excluding diaryl/α,β-unsaturated/α-hetero) is 1. The largest absolute Gasteiger partial charge is 0.481 e. The van der Waals surface area contributed by atoms with Crippen LogP contribution in [0.5, 0.6) is 0 Å². The van der Waals surface area contributed by atoms with Crippen molar-refractivity contribution in [2.24, 2.45) is 5.92 Å². The van der Waals surface area contributed by atoms with Crippen molar-refractivity contribution >= 4 is 59.1 Å². The van der Waals surface area contributed by atoms with E-state index in [0.717, 1.165) is 18.7 Å². The van der Waals surface area contributed by atoms with Gasteiger partial charge < -0.3 is 36.6 Å². The lowest BCUT2D eigenvalue weighted by molar-refractivity contribution is -0.142. The molecule has 0 rings (SSSR count). The van der Waals surface area contributed by atoms with Crippen LogP contribution in [0.2, 0.25) is 0 Å². The van der Waals surface area contributed by atoms with Crippen LogP contribution in [0.1, 0.15) is 46.5 Å². The normalized spacial score (nSPS) is 13.8. The fraction of sp³-hybridized carbons (Fsp3) is 0.636. The Morgan fingerprint density at radius 1 is 0.684 bits per heavy atom. The summed E-state index contributed by atoms with van der Waals surface area (Å²) in [6, 6.07) is -5.77. The monoisotopic (exact) mass is 562 g/mol. The van der Waals surface area contributed by atoms with Gasteiger partial charge in [0.1, 0.15) is 18.1 Å². The Kier molecular flexibility index (Phi) is 15.3. The number of nitrogens with one attached hydrogen (secondary N) is 4. The summed E-state index contributed by atoms with van der Waals surface area (Å²) >= 11 is 1.13. The number of carbonyl (C=O) groups excluding carboxylic acids is 5. The molecule has 0 aromatic heterocycles. The molecule has 16 heteroatoms. The molecule has 0 aliphatic heterocycles. The van der Waals surface area contributed by atoms with Crippen LogP contribution in [0.25, 0.3) is 0 Å². The molecule has 0 aliphatic carbocycles. The Morgan fingerprint density at radius 2 is 1.18 bits per heavy atom. The standard InChI is InChI=1S/C22H34N4O11S/c1-10(2)19(22(37)25-13(7-17(31)32)15(28)9-38-4)26-20(35)12(5-6-16(29)30)24-21(36)14(8-18(33)34)23-11(3)27/h10,12-14,19H,5-9H2,1-4H3,(H,23,27)(H,24,36)(H,25,37)(H,26,35)(H,29,30)(H,31,32)(H,33,34)/t12-,13-,14-,19-/m0/s1. The van der Waals surface area contributed by atoms with Crippen LogP contribution >= 0.6 is 11.8 Å². The Labute approximate surface area is 222 Å². The van der Waals surface area contributed by atoms with E-state index in [2.05, 4.69) is 21.3 Å². The van der Waals surface area contributed by atoms with Crippen molar-refractivity contribution in [2.45, 2.75) is 70.6 Å². The maximum atomic E-state index is 13.0. The Bertz CT molecular complexity index is 909. The number of ketones is 1. The highest BCUT2D eigenvalue weighted by molar-refractivity contribution is 7.99. The van der Waals surface area contributed by atoms with Gasteiger partial charge in [-0.05, 0) is 18.6 Å². The number of carboxylic acids is 3. The van der Waals surface area contributed by atoms with Gasteiger partial charge >= 0.3 is 17.9 Å². The molecule has 0 spiro atoms. The van der Waals surface area contributed by atoms with E-state index in [1.54, 1.807) is 20.1 Å². The minimum Gasteiger partial charge on any atom is -0.481 e. The summed E-state index contributed by atoms with van der Waals surface area (Å²) in [4.78, 5) is 95.5. The topological polar surface area (TPSA) is 245 Å². The van der Waals surface area contributed by atoms with Crippen LogP contribution in [0.15, 0.2) is 0 Å². The van der Waals surface area contributed by atoms with E-state index >= 15 is 0 Å². The molecule has 0 heterocycles. The maximum absolute atomic E-state index is 13.0. The fourth-order valence-electron chi connectivity index (χ4n) is 3.15. The number of carbonyl (C=O) groups is 8. The highest BCUT2D eigenvalue weighted by atomic mass is 32.2. The molecule has 15 nitrogen and oxygen atoms in total. The fourth-order valence-corrected chi connectivity index (χ4v) is 3.64. The zero-order valence-electron chi connectivity index (χ0n) is 21.4. The van der Waals surface area contributed by atoms with E-state index in [4.69, 9.17) is 15.3 Å². The van der Waals surface area contributed by atoms with Gasteiger partial charge in [0.15, 0.2) is 5.78 Å². The molecule has 0 saturated carbocycles. The molecule has 0 aromatic carbocycles. The molecular formula is C22H34N4O11S. The molecule has 0 aliphatic rings. The van der Waals surface area contributed by atoms with Crippen LogP contribution < -0.4 is 21.3 Å². The number of hydrogen-bond acceptors (Lipinski definition) is 9. The highest BCUT2D eigenvalue weighted by Crippen LogP contribution is 2.08. The van der Waals surface area contributed by atoms with E-state index < -0.39 is 103 Å². The first-order chi connectivity index (χ1) is 17.6. The van der Waals surface area contributed by atoms with E-state index in [0.29, 0.717) is 0 Å². The molecule has 0 saturated heterocycles. The van der Waals surface area contributed by atoms with Gasteiger partial charge in [0, 0.05) is 13.3 Å².